The molecule has 34 heteroatoms. The van der Waals surface area contributed by atoms with E-state index in [9.17, 15) is 82.1 Å². The van der Waals surface area contributed by atoms with Gasteiger partial charge in [-0.3, -0.25) is 67.1 Å². The van der Waals surface area contributed by atoms with Crippen molar-refractivity contribution in [1.82, 2.24) is 36.6 Å². The lowest BCUT2D eigenvalue weighted by atomic mass is 9.84. The van der Waals surface area contributed by atoms with Gasteiger partial charge >= 0.3 is 23.9 Å². The minimum absolute atomic E-state index is 0.00331. The number of rotatable bonds is 90. The lowest BCUT2D eigenvalue weighted by Gasteiger charge is -2.19. The molecule has 0 aliphatic rings. The first-order valence-corrected chi connectivity index (χ1v) is 43.9. The van der Waals surface area contributed by atoms with Crippen molar-refractivity contribution in [2.24, 2.45) is 17.8 Å². The SMILES string of the molecule is CC(=O)[C@H](CCCCNC(=O)COCCOCCCC(=O)COCCOCCNC(=O)CC[C@H](CC(=O)CCCCCCCCCCCCC(=O)O)C(=O)O)CC(=O)[C@H](CCCCNC(=O)COCCOCCNC(=O)COCCOCCCC(=O)CC[C@H](NC(=O)CCCCCCCCCCCCC(=O)O)C(=O)O)CC(=O)CCc1cnc[nH]1. The Hall–Kier alpha value is -7.86. The zero-order valence-electron chi connectivity index (χ0n) is 71.6. The van der Waals surface area contributed by atoms with Gasteiger partial charge in [0.05, 0.1) is 78.3 Å². The van der Waals surface area contributed by atoms with Gasteiger partial charge in [0.2, 0.25) is 29.5 Å². The van der Waals surface area contributed by atoms with Gasteiger partial charge in [-0.1, -0.05) is 116 Å². The highest BCUT2D eigenvalue weighted by Gasteiger charge is 2.28. The van der Waals surface area contributed by atoms with Crippen LogP contribution in [0.15, 0.2) is 12.5 Å². The summed E-state index contributed by atoms with van der Waals surface area (Å²) in [6.45, 7) is 4.04. The van der Waals surface area contributed by atoms with E-state index in [1.807, 2.05) is 0 Å². The van der Waals surface area contributed by atoms with Crippen LogP contribution in [0.4, 0.5) is 0 Å². The van der Waals surface area contributed by atoms with Crippen LogP contribution in [-0.4, -0.2) is 256 Å². The van der Waals surface area contributed by atoms with Gasteiger partial charge in [0.15, 0.2) is 5.78 Å². The normalized spacial score (nSPS) is 12.2. The number of aryl methyl sites for hydroxylation is 1. The Bertz CT molecular complexity index is 2990. The summed E-state index contributed by atoms with van der Waals surface area (Å²) >= 11 is 0. The molecule has 120 heavy (non-hydrogen) atoms. The molecule has 0 radical (unpaired) electrons. The van der Waals surface area contributed by atoms with Gasteiger partial charge in [0.25, 0.3) is 0 Å². The fraction of sp³-hybridized carbons (Fsp3) is 0.791. The number of nitrogens with one attached hydrogen (secondary N) is 6. The molecular weight excluding hydrogens is 1560 g/mol. The minimum Gasteiger partial charge on any atom is -0.481 e. The molecule has 0 aliphatic carbocycles. The van der Waals surface area contributed by atoms with Gasteiger partial charge in [0, 0.05) is 140 Å². The smallest absolute Gasteiger partial charge is 0.326 e. The third-order valence-electron chi connectivity index (χ3n) is 19.9. The van der Waals surface area contributed by atoms with E-state index in [0.29, 0.717) is 110 Å². The third kappa shape index (κ3) is 70.8. The third-order valence-corrected chi connectivity index (χ3v) is 19.9. The Morgan fingerprint density at radius 2 is 0.725 bits per heavy atom. The Morgan fingerprint density at radius 1 is 0.325 bits per heavy atom. The lowest BCUT2D eigenvalue weighted by Crippen LogP contribution is -2.41. The molecule has 4 atom stereocenters. The molecule has 1 aromatic rings. The maximum absolute atomic E-state index is 13.8. The number of carbonyl (C=O) groups is 15. The van der Waals surface area contributed by atoms with Crippen molar-refractivity contribution in [1.29, 1.82) is 0 Å². The number of ketones is 6. The Labute approximate surface area is 708 Å². The molecule has 686 valence electrons. The molecule has 0 saturated heterocycles. The summed E-state index contributed by atoms with van der Waals surface area (Å²) in [5, 5.41) is 50.1. The van der Waals surface area contributed by atoms with Crippen LogP contribution in [0.5, 0.6) is 0 Å². The van der Waals surface area contributed by atoms with Crippen molar-refractivity contribution in [3.63, 3.8) is 0 Å². The maximum atomic E-state index is 13.8. The molecule has 1 aromatic heterocycles. The molecule has 0 spiro atoms. The molecule has 0 aromatic carbocycles. The second-order valence-electron chi connectivity index (χ2n) is 30.5. The number of imidazole rings is 1. The molecule has 5 amide bonds. The molecular formula is C86H145N7O27. The van der Waals surface area contributed by atoms with Gasteiger partial charge in [-0.25, -0.2) is 9.78 Å². The number of Topliss-reactive ketones (excluding diaryl/α,β-unsaturated/α-hetero) is 6. The van der Waals surface area contributed by atoms with Crippen molar-refractivity contribution < 1.29 is 130 Å². The summed E-state index contributed by atoms with van der Waals surface area (Å²) in [5.74, 6) is -8.45. The molecule has 0 aliphatic heterocycles. The van der Waals surface area contributed by atoms with Crippen LogP contribution in [0.1, 0.15) is 282 Å². The van der Waals surface area contributed by atoms with E-state index in [2.05, 4.69) is 36.6 Å². The van der Waals surface area contributed by atoms with Crippen LogP contribution in [0, 0.1) is 17.8 Å². The summed E-state index contributed by atoms with van der Waals surface area (Å²) < 4.78 is 43.6. The predicted octanol–water partition coefficient (Wildman–Crippen LogP) is 9.04. The number of hydrogen-bond acceptors (Lipinski definition) is 24. The molecule has 10 N–H and O–H groups in total. The topological polar surface area (TPSA) is 500 Å². The van der Waals surface area contributed by atoms with Crippen LogP contribution < -0.4 is 26.6 Å². The van der Waals surface area contributed by atoms with Gasteiger partial charge < -0.3 is 89.9 Å². The number of carboxylic acids is 4. The second kappa shape index (κ2) is 77.2. The van der Waals surface area contributed by atoms with Crippen LogP contribution in [0.3, 0.4) is 0 Å². The van der Waals surface area contributed by atoms with E-state index in [-0.39, 0.29) is 260 Å². The first-order valence-electron chi connectivity index (χ1n) is 43.9. The van der Waals surface area contributed by atoms with Gasteiger partial charge in [-0.05, 0) is 90.4 Å². The summed E-state index contributed by atoms with van der Waals surface area (Å²) in [7, 11) is 0. The number of unbranched alkanes of at least 4 members (excludes halogenated alkanes) is 20. The first-order chi connectivity index (χ1) is 57.9. The Morgan fingerprint density at radius 3 is 1.18 bits per heavy atom. The van der Waals surface area contributed by atoms with Crippen molar-refractivity contribution in [3.8, 4) is 0 Å². The molecule has 1 rings (SSSR count). The average Bonchev–Trinajstić information content (AvgIpc) is 1.16. The van der Waals surface area contributed by atoms with Gasteiger partial charge in [0.1, 0.15) is 61.4 Å². The number of hydrogen-bond donors (Lipinski definition) is 10. The van der Waals surface area contributed by atoms with Crippen molar-refractivity contribution in [2.45, 2.75) is 289 Å². The zero-order chi connectivity index (χ0) is 88.1. The van der Waals surface area contributed by atoms with E-state index >= 15 is 0 Å². The van der Waals surface area contributed by atoms with Crippen molar-refractivity contribution in [2.75, 3.05) is 132 Å². The van der Waals surface area contributed by atoms with Crippen LogP contribution in [0.2, 0.25) is 0 Å². The Kier molecular flexibility index (Phi) is 70.9. The number of aromatic amines is 1. The number of ether oxygens (including phenoxy) is 8. The second-order valence-corrected chi connectivity index (χ2v) is 30.5. The van der Waals surface area contributed by atoms with Crippen LogP contribution in [-0.2, 0) is 116 Å². The van der Waals surface area contributed by atoms with E-state index in [1.54, 1.807) is 6.20 Å². The van der Waals surface area contributed by atoms with Crippen molar-refractivity contribution in [3.05, 3.63) is 18.2 Å². The van der Waals surface area contributed by atoms with E-state index in [4.69, 9.17) is 48.1 Å². The average molecular weight is 1710 g/mol. The van der Waals surface area contributed by atoms with Crippen LogP contribution >= 0.6 is 0 Å². The molecule has 0 fully saturated rings. The highest BCUT2D eigenvalue weighted by atomic mass is 16.5. The minimum atomic E-state index is -1.19. The fourth-order valence-electron chi connectivity index (χ4n) is 12.9. The number of H-pyrrole nitrogens is 1. The van der Waals surface area contributed by atoms with Crippen molar-refractivity contribution >= 4 is 88.1 Å². The summed E-state index contributed by atoms with van der Waals surface area (Å²) in [6, 6.07) is -1.15. The van der Waals surface area contributed by atoms with E-state index in [0.717, 1.165) is 108 Å². The largest absolute Gasteiger partial charge is 0.481 e. The van der Waals surface area contributed by atoms with E-state index < -0.39 is 47.7 Å². The molecule has 0 unspecified atom stereocenters. The zero-order valence-corrected chi connectivity index (χ0v) is 71.6. The summed E-state index contributed by atoms with van der Waals surface area (Å²) in [4.78, 5) is 191. The molecule has 34 nitrogen and oxygen atoms in total. The number of nitrogens with zero attached hydrogens (tertiary/aromatic N) is 1. The monoisotopic (exact) mass is 1710 g/mol. The number of aliphatic carboxylic acids is 4. The number of aromatic nitrogens is 2. The lowest BCUT2D eigenvalue weighted by molar-refractivity contribution is -0.144. The van der Waals surface area contributed by atoms with Gasteiger partial charge in [-0.2, -0.15) is 0 Å². The first kappa shape index (κ1) is 110. The van der Waals surface area contributed by atoms with Gasteiger partial charge in [-0.15, -0.1) is 0 Å². The number of carbonyl (C=O) groups excluding carboxylic acids is 11. The predicted molar refractivity (Wildman–Crippen MR) is 443 cm³/mol. The maximum Gasteiger partial charge on any atom is 0.326 e. The molecule has 0 saturated carbocycles. The highest BCUT2D eigenvalue weighted by Crippen LogP contribution is 2.24. The number of amides is 5. The molecule has 0 bridgehead atoms. The van der Waals surface area contributed by atoms with E-state index in [1.165, 1.54) is 13.3 Å². The quantitative estimate of drug-likeness (QED) is 0.0272. The molecule has 1 heterocycles. The fourth-order valence-corrected chi connectivity index (χ4v) is 12.9. The highest BCUT2D eigenvalue weighted by molar-refractivity contribution is 5.91. The number of carboxylic acid groups (broad SMARTS) is 4. The Balaban J connectivity index is 2.17. The summed E-state index contributed by atoms with van der Waals surface area (Å²) in [5.41, 5.74) is 0.792. The van der Waals surface area contributed by atoms with Crippen LogP contribution in [0.25, 0.3) is 0 Å². The summed E-state index contributed by atoms with van der Waals surface area (Å²) in [6.07, 6.45) is 28.0. The standard InChI is InChI=1S/C86H145N7O27/c1-67(94)68(28-22-24-42-88-80(102)63-118-55-51-114-47-27-32-75(98)62-117-54-52-115-48-44-90-78(100)41-36-70(85(109)110)59-73(96)30-18-14-10-6-2-4-8-12-16-20-34-83(105)106)60-77(99)69(58-74(97)38-37-71-61-87-66-92-71)29-23-25-43-89-81(103)64-120-57-53-116-49-45-91-82(104)65-119-56-50-113-46-26-31-72(95)39-40-76(86(111)112)93-79(101)33-19-15-11-7-3-5-9-13-17-21-35-84(107)108/h61,66,68-70,76H,2-60,62-65H2,1H3,(H,87,92)(H,88,102)(H,89,103)(H,90,100)(H,91,104)(H,93,101)(H,105,106)(H,107,108)(H,109,110)(H,111,112)/t68-,69-,70-,76+/m1/s1.